The van der Waals surface area contributed by atoms with Crippen molar-refractivity contribution in [2.45, 2.75) is 19.6 Å². The van der Waals surface area contributed by atoms with Crippen molar-refractivity contribution in [3.05, 3.63) is 29.6 Å². The lowest BCUT2D eigenvalue weighted by atomic mass is 10.2. The van der Waals surface area contributed by atoms with Gasteiger partial charge in [0.05, 0.1) is 0 Å². The van der Waals surface area contributed by atoms with Crippen molar-refractivity contribution < 1.29 is 27.1 Å². The lowest BCUT2D eigenvalue weighted by Crippen LogP contribution is -2.36. The van der Waals surface area contributed by atoms with Crippen LogP contribution in [0.25, 0.3) is 0 Å². The molecule has 0 unspecified atom stereocenters. The lowest BCUT2D eigenvalue weighted by Gasteiger charge is -2.10. The number of ether oxygens (including phenoxy) is 1. The van der Waals surface area contributed by atoms with Crippen molar-refractivity contribution in [1.29, 1.82) is 0 Å². The van der Waals surface area contributed by atoms with E-state index in [2.05, 4.69) is 5.32 Å². The Hall–Kier alpha value is -1.83. The van der Waals surface area contributed by atoms with Crippen molar-refractivity contribution in [2.24, 2.45) is 0 Å². The topological polar surface area (TPSA) is 50.4 Å². The summed E-state index contributed by atoms with van der Waals surface area (Å²) in [4.78, 5) is 11.2. The molecule has 0 aliphatic carbocycles. The van der Waals surface area contributed by atoms with Crippen LogP contribution in [-0.2, 0) is 11.3 Å². The summed E-state index contributed by atoms with van der Waals surface area (Å²) in [5.41, 5.74) is 0.613. The number of benzene rings is 1. The first-order chi connectivity index (χ1) is 9.80. The maximum absolute atomic E-state index is 13.3. The third kappa shape index (κ3) is 7.50. The molecule has 0 aliphatic heterocycles. The van der Waals surface area contributed by atoms with Gasteiger partial charge in [0.2, 0.25) is 0 Å². The van der Waals surface area contributed by atoms with E-state index >= 15 is 0 Å². The van der Waals surface area contributed by atoms with Crippen molar-refractivity contribution in [2.75, 3.05) is 19.7 Å². The second-order valence-electron chi connectivity index (χ2n) is 4.26. The standard InChI is InChI=1S/C13H16F4N2O2/c1-2-18-6-9-3-10(14)5-11(4-9)21-7-12(20)19-8-13(15,16)17/h3-5,18H,2,6-8H2,1H3,(H,19,20). The number of nitrogens with one attached hydrogen (secondary N) is 2. The first kappa shape index (κ1) is 17.2. The molecule has 118 valence electrons. The van der Waals surface area contributed by atoms with Crippen LogP contribution in [0.1, 0.15) is 12.5 Å². The maximum atomic E-state index is 13.3. The quantitative estimate of drug-likeness (QED) is 0.758. The minimum Gasteiger partial charge on any atom is -0.484 e. The van der Waals surface area contributed by atoms with E-state index in [1.54, 1.807) is 5.32 Å². The first-order valence-corrected chi connectivity index (χ1v) is 6.26. The summed E-state index contributed by atoms with van der Waals surface area (Å²) < 4.78 is 54.0. The van der Waals surface area contributed by atoms with E-state index in [0.29, 0.717) is 18.7 Å². The molecule has 0 bridgehead atoms. The molecule has 1 amide bonds. The van der Waals surface area contributed by atoms with Crippen LogP contribution in [0.3, 0.4) is 0 Å². The van der Waals surface area contributed by atoms with Gasteiger partial charge in [-0.2, -0.15) is 13.2 Å². The maximum Gasteiger partial charge on any atom is 0.405 e. The fourth-order valence-corrected chi connectivity index (χ4v) is 1.47. The van der Waals surface area contributed by atoms with Crippen LogP contribution >= 0.6 is 0 Å². The zero-order valence-electron chi connectivity index (χ0n) is 11.4. The normalized spacial score (nSPS) is 11.3. The molecule has 0 spiro atoms. The van der Waals surface area contributed by atoms with Crippen LogP contribution in [0.5, 0.6) is 5.75 Å². The number of hydrogen-bond acceptors (Lipinski definition) is 3. The molecule has 0 saturated carbocycles. The fourth-order valence-electron chi connectivity index (χ4n) is 1.47. The van der Waals surface area contributed by atoms with Crippen LogP contribution in [0.4, 0.5) is 17.6 Å². The predicted molar refractivity (Wildman–Crippen MR) is 68.3 cm³/mol. The van der Waals surface area contributed by atoms with Crippen molar-refractivity contribution in [1.82, 2.24) is 10.6 Å². The molecular weight excluding hydrogens is 292 g/mol. The molecule has 0 fully saturated rings. The predicted octanol–water partition coefficient (Wildman–Crippen LogP) is 1.99. The van der Waals surface area contributed by atoms with Gasteiger partial charge in [-0.3, -0.25) is 4.79 Å². The van der Waals surface area contributed by atoms with Gasteiger partial charge < -0.3 is 15.4 Å². The summed E-state index contributed by atoms with van der Waals surface area (Å²) in [5.74, 6) is -1.38. The molecule has 1 aromatic rings. The van der Waals surface area contributed by atoms with Crippen LogP contribution in [-0.4, -0.2) is 31.8 Å². The molecule has 0 aliphatic rings. The van der Waals surface area contributed by atoms with Gasteiger partial charge in [-0.05, 0) is 24.2 Å². The summed E-state index contributed by atoms with van der Waals surface area (Å²) in [6.45, 7) is 0.976. The van der Waals surface area contributed by atoms with Crippen molar-refractivity contribution in [3.63, 3.8) is 0 Å². The Morgan fingerprint density at radius 1 is 1.29 bits per heavy atom. The Kier molecular flexibility index (Phi) is 6.41. The molecule has 8 heteroatoms. The van der Waals surface area contributed by atoms with Crippen LogP contribution in [0.15, 0.2) is 18.2 Å². The minimum atomic E-state index is -4.48. The third-order valence-corrected chi connectivity index (χ3v) is 2.37. The zero-order chi connectivity index (χ0) is 15.9. The van der Waals surface area contributed by atoms with E-state index in [-0.39, 0.29) is 5.75 Å². The highest BCUT2D eigenvalue weighted by Crippen LogP contribution is 2.16. The third-order valence-electron chi connectivity index (χ3n) is 2.37. The summed E-state index contributed by atoms with van der Waals surface area (Å²) in [7, 11) is 0. The number of carbonyl (C=O) groups is 1. The van der Waals surface area contributed by atoms with E-state index in [9.17, 15) is 22.4 Å². The number of carbonyl (C=O) groups excluding carboxylic acids is 1. The Morgan fingerprint density at radius 2 is 2.00 bits per heavy atom. The number of hydrogen-bond donors (Lipinski definition) is 2. The lowest BCUT2D eigenvalue weighted by molar-refractivity contribution is -0.139. The average Bonchev–Trinajstić information content (AvgIpc) is 2.39. The SMILES string of the molecule is CCNCc1cc(F)cc(OCC(=O)NCC(F)(F)F)c1. The highest BCUT2D eigenvalue weighted by atomic mass is 19.4. The first-order valence-electron chi connectivity index (χ1n) is 6.26. The molecule has 1 rings (SSSR count). The molecule has 2 N–H and O–H groups in total. The Morgan fingerprint density at radius 3 is 2.62 bits per heavy atom. The molecule has 0 aromatic heterocycles. The van der Waals surface area contributed by atoms with Gasteiger partial charge in [-0.15, -0.1) is 0 Å². The minimum absolute atomic E-state index is 0.0880. The number of amides is 1. The van der Waals surface area contributed by atoms with Crippen LogP contribution < -0.4 is 15.4 Å². The van der Waals surface area contributed by atoms with E-state index in [0.717, 1.165) is 6.07 Å². The average molecular weight is 308 g/mol. The van der Waals surface area contributed by atoms with Gasteiger partial charge in [0.1, 0.15) is 18.1 Å². The van der Waals surface area contributed by atoms with Crippen LogP contribution in [0, 0.1) is 5.82 Å². The van der Waals surface area contributed by atoms with Crippen molar-refractivity contribution >= 4 is 5.91 Å². The highest BCUT2D eigenvalue weighted by molar-refractivity contribution is 5.77. The summed E-state index contributed by atoms with van der Waals surface area (Å²) in [6.07, 6.45) is -4.48. The summed E-state index contributed by atoms with van der Waals surface area (Å²) >= 11 is 0. The second-order valence-corrected chi connectivity index (χ2v) is 4.26. The second kappa shape index (κ2) is 7.82. The van der Waals surface area contributed by atoms with Crippen LogP contribution in [0.2, 0.25) is 0 Å². The molecule has 0 saturated heterocycles. The van der Waals surface area contributed by atoms with Gasteiger partial charge in [0.15, 0.2) is 6.61 Å². The fraction of sp³-hybridized carbons (Fsp3) is 0.462. The van der Waals surface area contributed by atoms with E-state index in [1.165, 1.54) is 12.1 Å². The Bertz CT molecular complexity index is 478. The van der Waals surface area contributed by atoms with Crippen molar-refractivity contribution in [3.8, 4) is 5.75 Å². The largest absolute Gasteiger partial charge is 0.484 e. The van der Waals surface area contributed by atoms with Gasteiger partial charge in [-0.25, -0.2) is 4.39 Å². The number of halogens is 4. The summed E-state index contributed by atoms with van der Waals surface area (Å²) in [5, 5.41) is 4.66. The monoisotopic (exact) mass is 308 g/mol. The molecule has 4 nitrogen and oxygen atoms in total. The van der Waals surface area contributed by atoms with E-state index in [4.69, 9.17) is 4.74 Å². The van der Waals surface area contributed by atoms with Gasteiger partial charge in [0.25, 0.3) is 5.91 Å². The number of alkyl halides is 3. The van der Waals surface area contributed by atoms with Gasteiger partial charge >= 0.3 is 6.18 Å². The van der Waals surface area contributed by atoms with Gasteiger partial charge in [-0.1, -0.05) is 6.92 Å². The smallest absolute Gasteiger partial charge is 0.405 e. The van der Waals surface area contributed by atoms with E-state index < -0.39 is 31.1 Å². The Labute approximate surface area is 119 Å². The molecule has 21 heavy (non-hydrogen) atoms. The molecule has 0 heterocycles. The molecular formula is C13H16F4N2O2. The summed E-state index contributed by atoms with van der Waals surface area (Å²) in [6, 6.07) is 3.88. The number of rotatable bonds is 7. The molecule has 0 radical (unpaired) electrons. The Balaban J connectivity index is 2.50. The molecule has 0 atom stereocenters. The zero-order valence-corrected chi connectivity index (χ0v) is 11.4. The van der Waals surface area contributed by atoms with Gasteiger partial charge in [0, 0.05) is 12.6 Å². The van der Waals surface area contributed by atoms with E-state index in [1.807, 2.05) is 6.92 Å². The molecule has 1 aromatic carbocycles. The highest BCUT2D eigenvalue weighted by Gasteiger charge is 2.27.